The molecule has 0 bridgehead atoms. The predicted molar refractivity (Wildman–Crippen MR) is 325 cm³/mol. The highest BCUT2D eigenvalue weighted by atomic mass is 16.6. The second-order valence-corrected chi connectivity index (χ2v) is 20.6. The lowest BCUT2D eigenvalue weighted by atomic mass is 10.0. The Labute approximate surface area is 463 Å². The van der Waals surface area contributed by atoms with Crippen molar-refractivity contribution >= 4 is 17.9 Å². The number of unbranched alkanes of at least 4 members (excludes halogenated alkanes) is 27. The summed E-state index contributed by atoms with van der Waals surface area (Å²) < 4.78 is 16.8. The van der Waals surface area contributed by atoms with Gasteiger partial charge in [0.05, 0.1) is 0 Å². The first-order chi connectivity index (χ1) is 37.0. The predicted octanol–water partition coefficient (Wildman–Crippen LogP) is 21.4. The Morgan fingerprint density at radius 2 is 0.493 bits per heavy atom. The largest absolute Gasteiger partial charge is 0.462 e. The summed E-state index contributed by atoms with van der Waals surface area (Å²) in [6, 6.07) is 0. The molecule has 0 aliphatic rings. The van der Waals surface area contributed by atoms with Crippen LogP contribution in [0.5, 0.6) is 0 Å². The van der Waals surface area contributed by atoms with E-state index in [1.807, 2.05) is 0 Å². The van der Waals surface area contributed by atoms with Crippen LogP contribution in [0.15, 0.2) is 109 Å². The molecule has 0 N–H and O–H groups in total. The zero-order valence-corrected chi connectivity index (χ0v) is 49.0. The number of carbonyl (C=O) groups is 3. The fraction of sp³-hybridized carbons (Fsp3) is 0.696. The molecule has 0 amide bonds. The van der Waals surface area contributed by atoms with Crippen molar-refractivity contribution < 1.29 is 28.6 Å². The van der Waals surface area contributed by atoms with Crippen molar-refractivity contribution in [3.05, 3.63) is 109 Å². The molecule has 0 radical (unpaired) electrons. The molecule has 75 heavy (non-hydrogen) atoms. The van der Waals surface area contributed by atoms with Gasteiger partial charge in [-0.1, -0.05) is 252 Å². The smallest absolute Gasteiger partial charge is 0.306 e. The number of ether oxygens (including phenoxy) is 3. The van der Waals surface area contributed by atoms with Gasteiger partial charge in [-0.15, -0.1) is 0 Å². The Hall–Kier alpha value is -3.93. The summed E-state index contributed by atoms with van der Waals surface area (Å²) in [7, 11) is 0. The first-order valence-electron chi connectivity index (χ1n) is 31.4. The molecule has 6 heteroatoms. The van der Waals surface area contributed by atoms with Crippen LogP contribution in [0.4, 0.5) is 0 Å². The van der Waals surface area contributed by atoms with Crippen LogP contribution in [0, 0.1) is 0 Å². The summed E-state index contributed by atoms with van der Waals surface area (Å²) in [6.45, 7) is 6.52. The molecule has 0 aromatic rings. The van der Waals surface area contributed by atoms with Gasteiger partial charge >= 0.3 is 17.9 Å². The Morgan fingerprint density at radius 1 is 0.267 bits per heavy atom. The molecule has 0 aromatic heterocycles. The van der Waals surface area contributed by atoms with Gasteiger partial charge in [-0.3, -0.25) is 14.4 Å². The van der Waals surface area contributed by atoms with Crippen LogP contribution in [0.25, 0.3) is 0 Å². The molecule has 0 aromatic carbocycles. The topological polar surface area (TPSA) is 78.9 Å². The van der Waals surface area contributed by atoms with Gasteiger partial charge in [0.15, 0.2) is 6.10 Å². The highest BCUT2D eigenvalue weighted by molar-refractivity contribution is 5.71. The monoisotopic (exact) mass is 1040 g/mol. The minimum Gasteiger partial charge on any atom is -0.462 e. The van der Waals surface area contributed by atoms with Crippen LogP contribution in [0.3, 0.4) is 0 Å². The molecule has 0 saturated heterocycles. The fourth-order valence-electron chi connectivity index (χ4n) is 8.47. The number of esters is 3. The molecule has 0 spiro atoms. The maximum atomic E-state index is 12.9. The third-order valence-electron chi connectivity index (χ3n) is 13.2. The zero-order chi connectivity index (χ0) is 54.3. The molecule has 0 rings (SSSR count). The van der Waals surface area contributed by atoms with E-state index in [2.05, 4.69) is 130 Å². The minimum absolute atomic E-state index is 0.109. The number of rotatable bonds is 56. The van der Waals surface area contributed by atoms with Crippen molar-refractivity contribution in [2.75, 3.05) is 13.2 Å². The van der Waals surface area contributed by atoms with Gasteiger partial charge in [0.1, 0.15) is 13.2 Å². The van der Waals surface area contributed by atoms with E-state index in [0.717, 1.165) is 83.5 Å². The molecule has 0 aliphatic carbocycles. The van der Waals surface area contributed by atoms with Crippen molar-refractivity contribution in [2.45, 2.75) is 297 Å². The van der Waals surface area contributed by atoms with E-state index in [4.69, 9.17) is 14.2 Å². The number of carbonyl (C=O) groups excluding carboxylic acids is 3. The van der Waals surface area contributed by atoms with E-state index in [9.17, 15) is 14.4 Å². The lowest BCUT2D eigenvalue weighted by Gasteiger charge is -2.18. The van der Waals surface area contributed by atoms with Gasteiger partial charge in [0.2, 0.25) is 0 Å². The molecular weight excluding hydrogens is 925 g/mol. The van der Waals surface area contributed by atoms with E-state index >= 15 is 0 Å². The Morgan fingerprint density at radius 3 is 0.853 bits per heavy atom. The van der Waals surface area contributed by atoms with Crippen molar-refractivity contribution in [1.82, 2.24) is 0 Å². The Kier molecular flexibility index (Phi) is 59.3. The fourth-order valence-corrected chi connectivity index (χ4v) is 8.47. The Bertz CT molecular complexity index is 1520. The van der Waals surface area contributed by atoms with E-state index in [-0.39, 0.29) is 44.0 Å². The lowest BCUT2D eigenvalue weighted by Crippen LogP contribution is -2.30. The van der Waals surface area contributed by atoms with Gasteiger partial charge < -0.3 is 14.2 Å². The van der Waals surface area contributed by atoms with Crippen LogP contribution in [0.2, 0.25) is 0 Å². The SMILES string of the molecule is CCCCC/C=C\C/C=C\C/C=C\C/C=C\CCCCCC(=O)O[C@H](COC(=O)CCC/C=C\C/C=C\C/C=C\C/C=C\CCCCC)COC(=O)CCCCCCCCCCCCC/C=C\CCCCCCCC. The van der Waals surface area contributed by atoms with Gasteiger partial charge in [0, 0.05) is 19.3 Å². The summed E-state index contributed by atoms with van der Waals surface area (Å²) in [5.41, 5.74) is 0. The molecule has 1 atom stereocenters. The van der Waals surface area contributed by atoms with Crippen molar-refractivity contribution in [3.63, 3.8) is 0 Å². The van der Waals surface area contributed by atoms with Crippen molar-refractivity contribution in [1.29, 1.82) is 0 Å². The maximum Gasteiger partial charge on any atom is 0.306 e. The highest BCUT2D eigenvalue weighted by Gasteiger charge is 2.19. The van der Waals surface area contributed by atoms with Crippen molar-refractivity contribution in [3.8, 4) is 0 Å². The second kappa shape index (κ2) is 62.6. The van der Waals surface area contributed by atoms with Crippen LogP contribution in [0.1, 0.15) is 290 Å². The summed E-state index contributed by atoms with van der Waals surface area (Å²) in [4.78, 5) is 38.3. The van der Waals surface area contributed by atoms with E-state index in [1.165, 1.54) is 154 Å². The van der Waals surface area contributed by atoms with Crippen LogP contribution in [-0.2, 0) is 28.6 Å². The average Bonchev–Trinajstić information content (AvgIpc) is 3.41. The number of hydrogen-bond acceptors (Lipinski definition) is 6. The molecule has 0 unspecified atom stereocenters. The van der Waals surface area contributed by atoms with Gasteiger partial charge in [-0.2, -0.15) is 0 Å². The molecule has 428 valence electrons. The molecule has 6 nitrogen and oxygen atoms in total. The molecule has 0 fully saturated rings. The van der Waals surface area contributed by atoms with Crippen LogP contribution in [-0.4, -0.2) is 37.2 Å². The van der Waals surface area contributed by atoms with Crippen molar-refractivity contribution in [2.24, 2.45) is 0 Å². The Balaban J connectivity index is 4.50. The second-order valence-electron chi connectivity index (χ2n) is 20.6. The third kappa shape index (κ3) is 60.8. The summed E-state index contributed by atoms with van der Waals surface area (Å²) in [6.07, 6.45) is 85.2. The summed E-state index contributed by atoms with van der Waals surface area (Å²) >= 11 is 0. The minimum atomic E-state index is -0.820. The standard InChI is InChI=1S/C69H116O6/c1-4-7-10-13-16-19-22-25-28-31-33-34-36-38-41-44-47-50-53-56-59-62-68(71)74-65-66(64-73-67(70)61-58-55-52-49-46-43-40-37-30-27-24-21-18-15-12-9-6-3)75-69(72)63-60-57-54-51-48-45-42-39-35-32-29-26-23-20-17-14-11-8-5-2/h17-18,20-21,25-30,35,39-40,43,45,48-49,52,66H,4-16,19,22-24,31-34,36-38,41-42,44,46-47,50-51,53-65H2,1-3H3/b20-17-,21-18-,28-25-,29-26-,30-27-,39-35-,43-40-,48-45-,52-49-/t66-/m1/s1. The van der Waals surface area contributed by atoms with Gasteiger partial charge in [-0.05, 0) is 128 Å². The summed E-state index contributed by atoms with van der Waals surface area (Å²) in [5, 5.41) is 0. The van der Waals surface area contributed by atoms with Gasteiger partial charge in [0.25, 0.3) is 0 Å². The van der Waals surface area contributed by atoms with E-state index in [1.54, 1.807) is 0 Å². The molecular formula is C69H116O6. The van der Waals surface area contributed by atoms with Crippen LogP contribution >= 0.6 is 0 Å². The number of hydrogen-bond donors (Lipinski definition) is 0. The lowest BCUT2D eigenvalue weighted by molar-refractivity contribution is -0.167. The normalized spacial score (nSPS) is 12.8. The molecule has 0 saturated carbocycles. The number of allylic oxidation sites excluding steroid dienone is 18. The quantitative estimate of drug-likeness (QED) is 0.0261. The van der Waals surface area contributed by atoms with Crippen LogP contribution < -0.4 is 0 Å². The third-order valence-corrected chi connectivity index (χ3v) is 13.2. The first-order valence-corrected chi connectivity index (χ1v) is 31.4. The zero-order valence-electron chi connectivity index (χ0n) is 49.0. The van der Waals surface area contributed by atoms with E-state index < -0.39 is 6.10 Å². The highest BCUT2D eigenvalue weighted by Crippen LogP contribution is 2.15. The average molecular weight is 1040 g/mol. The molecule has 0 aliphatic heterocycles. The first kappa shape index (κ1) is 71.1. The molecule has 0 heterocycles. The van der Waals surface area contributed by atoms with Gasteiger partial charge in [-0.25, -0.2) is 0 Å². The van der Waals surface area contributed by atoms with E-state index in [0.29, 0.717) is 19.3 Å². The maximum absolute atomic E-state index is 12.9. The summed E-state index contributed by atoms with van der Waals surface area (Å²) in [5.74, 6) is -0.994.